The van der Waals surface area contributed by atoms with Crippen LogP contribution in [0.3, 0.4) is 0 Å². The van der Waals surface area contributed by atoms with Crippen LogP contribution in [0.4, 0.5) is 10.1 Å². The summed E-state index contributed by atoms with van der Waals surface area (Å²) < 4.78 is 13.5. The van der Waals surface area contributed by atoms with E-state index in [4.69, 9.17) is 5.84 Å². The number of nitrogens with zero attached hydrogens (tertiary/aromatic N) is 1. The average Bonchev–Trinajstić information content (AvgIpc) is 2.35. The van der Waals surface area contributed by atoms with Crippen LogP contribution in [0.25, 0.3) is 0 Å². The lowest BCUT2D eigenvalue weighted by Gasteiger charge is -2.32. The van der Waals surface area contributed by atoms with Crippen molar-refractivity contribution in [1.29, 1.82) is 0 Å². The van der Waals surface area contributed by atoms with Crippen molar-refractivity contribution < 1.29 is 9.18 Å². The smallest absolute Gasteiger partial charge is 0.253 e. The summed E-state index contributed by atoms with van der Waals surface area (Å²) in [6.07, 6.45) is 0. The Labute approximate surface area is 112 Å². The van der Waals surface area contributed by atoms with Crippen LogP contribution in [-0.4, -0.2) is 37.0 Å². The monoisotopic (exact) mass is 268 g/mol. The summed E-state index contributed by atoms with van der Waals surface area (Å²) in [5.41, 5.74) is 2.22. The van der Waals surface area contributed by atoms with Gasteiger partial charge in [0.15, 0.2) is 0 Å². The Morgan fingerprint density at radius 3 is 2.58 bits per heavy atom. The summed E-state index contributed by atoms with van der Waals surface area (Å²) in [6.45, 7) is 4.45. The number of halogens is 1. The molecular formula is C13H21FN4O. The third kappa shape index (κ3) is 3.65. The van der Waals surface area contributed by atoms with Crippen LogP contribution >= 0.6 is 0 Å². The summed E-state index contributed by atoms with van der Waals surface area (Å²) in [7, 11) is 3.86. The molecule has 0 fully saturated rings. The minimum absolute atomic E-state index is 0.00246. The average molecular weight is 268 g/mol. The van der Waals surface area contributed by atoms with E-state index in [1.54, 1.807) is 0 Å². The molecule has 0 saturated carbocycles. The second-order valence-electron chi connectivity index (χ2n) is 5.20. The highest BCUT2D eigenvalue weighted by Gasteiger charge is 2.22. The van der Waals surface area contributed by atoms with Crippen LogP contribution in [0.2, 0.25) is 0 Å². The van der Waals surface area contributed by atoms with Crippen LogP contribution < -0.4 is 16.6 Å². The fourth-order valence-electron chi connectivity index (χ4n) is 1.41. The molecule has 1 rings (SSSR count). The predicted molar refractivity (Wildman–Crippen MR) is 74.3 cm³/mol. The van der Waals surface area contributed by atoms with Crippen molar-refractivity contribution >= 4 is 11.6 Å². The van der Waals surface area contributed by atoms with Crippen LogP contribution in [0.1, 0.15) is 24.2 Å². The Bertz CT molecular complexity index is 460. The number of para-hydroxylation sites is 1. The van der Waals surface area contributed by atoms with E-state index in [1.807, 2.05) is 32.8 Å². The molecule has 6 heteroatoms. The van der Waals surface area contributed by atoms with Crippen molar-refractivity contribution in [3.05, 3.63) is 29.6 Å². The predicted octanol–water partition coefficient (Wildman–Crippen LogP) is 1.18. The van der Waals surface area contributed by atoms with Gasteiger partial charge in [0.05, 0.1) is 11.3 Å². The highest BCUT2D eigenvalue weighted by Crippen LogP contribution is 2.18. The number of anilines is 1. The number of hydrazine groups is 1. The van der Waals surface area contributed by atoms with Crippen molar-refractivity contribution in [1.82, 2.24) is 10.2 Å². The van der Waals surface area contributed by atoms with Crippen molar-refractivity contribution in [2.45, 2.75) is 19.4 Å². The molecule has 0 atom stereocenters. The number of rotatable bonds is 5. The topological polar surface area (TPSA) is 70.4 Å². The first-order valence-electron chi connectivity index (χ1n) is 6.00. The van der Waals surface area contributed by atoms with Gasteiger partial charge in [-0.1, -0.05) is 6.07 Å². The maximum atomic E-state index is 13.5. The van der Waals surface area contributed by atoms with Gasteiger partial charge < -0.3 is 15.6 Å². The lowest BCUT2D eigenvalue weighted by molar-refractivity contribution is 0.0920. The number of nitrogens with one attached hydrogen (secondary N) is 2. The Morgan fingerprint density at radius 2 is 2.05 bits per heavy atom. The number of amides is 1. The molecule has 0 saturated heterocycles. The van der Waals surface area contributed by atoms with E-state index in [0.717, 1.165) is 0 Å². The van der Waals surface area contributed by atoms with E-state index in [0.29, 0.717) is 6.54 Å². The molecule has 0 spiro atoms. The van der Waals surface area contributed by atoms with Crippen molar-refractivity contribution in [3.8, 4) is 0 Å². The van der Waals surface area contributed by atoms with Gasteiger partial charge >= 0.3 is 0 Å². The largest absolute Gasteiger partial charge is 0.350 e. The molecule has 0 heterocycles. The van der Waals surface area contributed by atoms with Crippen LogP contribution in [0.15, 0.2) is 18.2 Å². The molecule has 0 radical (unpaired) electrons. The van der Waals surface area contributed by atoms with Crippen LogP contribution in [0.5, 0.6) is 0 Å². The Kier molecular flexibility index (Phi) is 4.85. The molecule has 1 aromatic rings. The van der Waals surface area contributed by atoms with Gasteiger partial charge in [0.2, 0.25) is 0 Å². The highest BCUT2D eigenvalue weighted by atomic mass is 19.1. The van der Waals surface area contributed by atoms with Crippen molar-refractivity contribution in [3.63, 3.8) is 0 Å². The van der Waals surface area contributed by atoms with Crippen molar-refractivity contribution in [2.75, 3.05) is 26.1 Å². The van der Waals surface area contributed by atoms with E-state index in [2.05, 4.69) is 10.7 Å². The molecule has 1 aromatic carbocycles. The molecule has 0 aliphatic carbocycles. The normalized spacial score (nSPS) is 11.5. The number of hydrogen-bond donors (Lipinski definition) is 3. The summed E-state index contributed by atoms with van der Waals surface area (Å²) >= 11 is 0. The van der Waals surface area contributed by atoms with E-state index in [-0.39, 0.29) is 22.7 Å². The lowest BCUT2D eigenvalue weighted by atomic mass is 10.0. The zero-order chi connectivity index (χ0) is 14.6. The molecule has 19 heavy (non-hydrogen) atoms. The minimum atomic E-state index is -0.554. The van der Waals surface area contributed by atoms with Gasteiger partial charge in [0, 0.05) is 12.1 Å². The molecule has 0 aliphatic heterocycles. The van der Waals surface area contributed by atoms with Gasteiger partial charge in [0.1, 0.15) is 5.82 Å². The Morgan fingerprint density at radius 1 is 1.42 bits per heavy atom. The van der Waals surface area contributed by atoms with Gasteiger partial charge in [-0.2, -0.15) is 0 Å². The fourth-order valence-corrected chi connectivity index (χ4v) is 1.41. The lowest BCUT2D eigenvalue weighted by Crippen LogP contribution is -2.48. The van der Waals surface area contributed by atoms with E-state index in [1.165, 1.54) is 18.2 Å². The molecule has 0 aromatic heterocycles. The maximum absolute atomic E-state index is 13.5. The maximum Gasteiger partial charge on any atom is 0.253 e. The first-order valence-corrected chi connectivity index (χ1v) is 6.00. The van der Waals surface area contributed by atoms with Gasteiger partial charge in [0.25, 0.3) is 5.91 Å². The number of nitrogen functional groups attached to an aromatic ring is 1. The number of hydrogen-bond acceptors (Lipinski definition) is 4. The Balaban J connectivity index is 2.83. The van der Waals surface area contributed by atoms with Crippen LogP contribution in [-0.2, 0) is 0 Å². The number of carbonyl (C=O) groups is 1. The second-order valence-corrected chi connectivity index (χ2v) is 5.20. The second kappa shape index (κ2) is 5.99. The number of nitrogens with two attached hydrogens (primary N) is 1. The summed E-state index contributed by atoms with van der Waals surface area (Å²) in [5, 5.41) is 2.78. The van der Waals surface area contributed by atoms with E-state index >= 15 is 0 Å². The van der Waals surface area contributed by atoms with Gasteiger partial charge in [-0.15, -0.1) is 0 Å². The summed E-state index contributed by atoms with van der Waals surface area (Å²) in [5.74, 6) is 4.33. The SMILES string of the molecule is CN(C)C(C)(C)CNC(=O)c1cccc(F)c1NN. The van der Waals surface area contributed by atoms with Gasteiger partial charge in [-0.3, -0.25) is 10.6 Å². The number of likely N-dealkylation sites (N-methyl/N-ethyl adjacent to an activating group) is 1. The van der Waals surface area contributed by atoms with Gasteiger partial charge in [-0.25, -0.2) is 4.39 Å². The van der Waals surface area contributed by atoms with Crippen molar-refractivity contribution in [2.24, 2.45) is 5.84 Å². The van der Waals surface area contributed by atoms with E-state index < -0.39 is 5.82 Å². The molecule has 4 N–H and O–H groups in total. The summed E-state index contributed by atoms with van der Waals surface area (Å²) in [4.78, 5) is 14.1. The molecule has 0 unspecified atom stereocenters. The number of carbonyl (C=O) groups excluding carboxylic acids is 1. The van der Waals surface area contributed by atoms with E-state index in [9.17, 15) is 9.18 Å². The minimum Gasteiger partial charge on any atom is -0.350 e. The highest BCUT2D eigenvalue weighted by molar-refractivity contribution is 5.99. The molecule has 0 aliphatic rings. The zero-order valence-corrected chi connectivity index (χ0v) is 11.7. The quantitative estimate of drug-likeness (QED) is 0.554. The number of benzene rings is 1. The third-order valence-corrected chi connectivity index (χ3v) is 3.29. The standard InChI is InChI=1S/C13H21FN4O/c1-13(2,18(3)4)8-16-12(19)9-6-5-7-10(14)11(9)17-15/h5-7,17H,8,15H2,1-4H3,(H,16,19). The molecular weight excluding hydrogens is 247 g/mol. The fraction of sp³-hybridized carbons (Fsp3) is 0.462. The molecule has 106 valence electrons. The molecule has 0 bridgehead atoms. The van der Waals surface area contributed by atoms with Crippen LogP contribution in [0, 0.1) is 5.82 Å². The Hall–Kier alpha value is -1.66. The summed E-state index contributed by atoms with van der Waals surface area (Å²) in [6, 6.07) is 4.24. The third-order valence-electron chi connectivity index (χ3n) is 3.29. The first-order chi connectivity index (χ1) is 8.79. The molecule has 5 nitrogen and oxygen atoms in total. The first kappa shape index (κ1) is 15.4. The molecule has 1 amide bonds. The van der Waals surface area contributed by atoms with Gasteiger partial charge in [-0.05, 0) is 40.1 Å². The zero-order valence-electron chi connectivity index (χ0n) is 11.7.